The molecule has 0 aliphatic heterocycles. The molecule has 0 saturated heterocycles. The maximum absolute atomic E-state index is 12.4. The molecule has 9 nitrogen and oxygen atoms in total. The maximum Gasteiger partial charge on any atom is 0.271 e. The largest absolute Gasteiger partial charge is 0.343 e. The summed E-state index contributed by atoms with van der Waals surface area (Å²) in [6.07, 6.45) is 6.10. The Morgan fingerprint density at radius 1 is 1.30 bits per heavy atom. The minimum Gasteiger partial charge on any atom is -0.343 e. The Morgan fingerprint density at radius 2 is 2.11 bits per heavy atom. The van der Waals surface area contributed by atoms with E-state index >= 15 is 0 Å². The molecular weight excluding hydrogens is 390 g/mol. The molecule has 3 rings (SSSR count). The number of thioether (sulfide) groups is 1. The van der Waals surface area contributed by atoms with Crippen LogP contribution in [-0.4, -0.2) is 41.6 Å². The van der Waals surface area contributed by atoms with Gasteiger partial charge < -0.3 is 5.32 Å². The van der Waals surface area contributed by atoms with Gasteiger partial charge in [-0.2, -0.15) is 0 Å². The van der Waals surface area contributed by atoms with Crippen molar-refractivity contribution in [1.29, 1.82) is 0 Å². The summed E-state index contributed by atoms with van der Waals surface area (Å²) in [5.41, 5.74) is 0.703. The van der Waals surface area contributed by atoms with E-state index in [-0.39, 0.29) is 22.8 Å². The van der Waals surface area contributed by atoms with Crippen molar-refractivity contribution in [3.63, 3.8) is 0 Å². The lowest BCUT2D eigenvalue weighted by atomic mass is 10.3. The molecule has 0 radical (unpaired) electrons. The first-order valence-electron chi connectivity index (χ1n) is 7.67. The van der Waals surface area contributed by atoms with E-state index in [0.717, 1.165) is 0 Å². The number of rotatable bonds is 5. The molecule has 3 heterocycles. The molecule has 0 spiro atoms. The summed E-state index contributed by atoms with van der Waals surface area (Å²) >= 11 is 7.31. The van der Waals surface area contributed by atoms with Gasteiger partial charge in [0.15, 0.2) is 10.9 Å². The van der Waals surface area contributed by atoms with Crippen LogP contribution in [0.15, 0.2) is 40.8 Å². The van der Waals surface area contributed by atoms with Crippen molar-refractivity contribution >= 4 is 29.3 Å². The second-order valence-corrected chi connectivity index (χ2v) is 6.47. The van der Waals surface area contributed by atoms with Gasteiger partial charge in [0, 0.05) is 19.3 Å². The molecule has 0 saturated carbocycles. The van der Waals surface area contributed by atoms with Gasteiger partial charge in [-0.25, -0.2) is 24.9 Å². The molecule has 0 aliphatic carbocycles. The van der Waals surface area contributed by atoms with Crippen LogP contribution in [0.3, 0.4) is 0 Å². The van der Waals surface area contributed by atoms with Crippen LogP contribution >= 0.6 is 23.4 Å². The summed E-state index contributed by atoms with van der Waals surface area (Å²) in [5, 5.41) is 3.25. The average molecular weight is 404 g/mol. The molecule has 1 N–H and O–H groups in total. The standard InChI is InChI=1S/C16H14ClN7O2S/c1-24-12(22-11(5-13(24)25)10-3-4-18-8-21-10)7-19-15(26)14-9(17)6-20-16(23-14)27-2/h3-6,8H,7H2,1-2H3,(H,19,26). The number of carbonyl (C=O) groups is 1. The lowest BCUT2D eigenvalue weighted by Crippen LogP contribution is -2.30. The fraction of sp³-hybridized carbons (Fsp3) is 0.188. The highest BCUT2D eigenvalue weighted by molar-refractivity contribution is 7.98. The maximum atomic E-state index is 12.4. The number of aromatic nitrogens is 6. The average Bonchev–Trinajstić information content (AvgIpc) is 2.69. The normalized spacial score (nSPS) is 10.6. The van der Waals surface area contributed by atoms with E-state index in [1.54, 1.807) is 25.6 Å². The van der Waals surface area contributed by atoms with Crippen LogP contribution in [0.4, 0.5) is 0 Å². The minimum atomic E-state index is -0.487. The number of nitrogens with zero attached hydrogens (tertiary/aromatic N) is 6. The van der Waals surface area contributed by atoms with Crippen molar-refractivity contribution in [2.24, 2.45) is 7.05 Å². The molecule has 138 valence electrons. The molecule has 0 bridgehead atoms. The van der Waals surface area contributed by atoms with Crippen LogP contribution in [0.2, 0.25) is 5.02 Å². The van der Waals surface area contributed by atoms with Crippen LogP contribution in [0.1, 0.15) is 16.3 Å². The van der Waals surface area contributed by atoms with Crippen molar-refractivity contribution in [1.82, 2.24) is 34.8 Å². The molecule has 1 amide bonds. The van der Waals surface area contributed by atoms with E-state index in [9.17, 15) is 9.59 Å². The summed E-state index contributed by atoms with van der Waals surface area (Å²) in [4.78, 5) is 45.1. The zero-order chi connectivity index (χ0) is 19.4. The van der Waals surface area contributed by atoms with Crippen molar-refractivity contribution in [3.8, 4) is 11.4 Å². The van der Waals surface area contributed by atoms with Crippen LogP contribution in [0.5, 0.6) is 0 Å². The fourth-order valence-electron chi connectivity index (χ4n) is 2.17. The Labute approximate surface area is 163 Å². The van der Waals surface area contributed by atoms with Crippen LogP contribution in [-0.2, 0) is 13.6 Å². The molecule has 3 aromatic heterocycles. The number of carbonyl (C=O) groups excluding carboxylic acids is 1. The third-order valence-corrected chi connectivity index (χ3v) is 4.44. The second-order valence-electron chi connectivity index (χ2n) is 5.29. The highest BCUT2D eigenvalue weighted by Crippen LogP contribution is 2.16. The molecule has 0 atom stereocenters. The molecule has 0 aliphatic rings. The predicted octanol–water partition coefficient (Wildman–Crippen LogP) is 1.33. The lowest BCUT2D eigenvalue weighted by molar-refractivity contribution is 0.0943. The predicted molar refractivity (Wildman–Crippen MR) is 100 cm³/mol. The van der Waals surface area contributed by atoms with E-state index in [4.69, 9.17) is 11.6 Å². The van der Waals surface area contributed by atoms with Crippen molar-refractivity contribution in [3.05, 3.63) is 57.7 Å². The first-order chi connectivity index (χ1) is 13.0. The summed E-state index contributed by atoms with van der Waals surface area (Å²) in [6, 6.07) is 3.02. The SMILES string of the molecule is CSc1ncc(Cl)c(C(=O)NCc2nc(-c3ccncn3)cc(=O)n2C)n1. The Kier molecular flexibility index (Phi) is 5.77. The Hall–Kier alpha value is -2.85. The zero-order valence-corrected chi connectivity index (χ0v) is 16.0. The summed E-state index contributed by atoms with van der Waals surface area (Å²) in [6.45, 7) is 0.0123. The van der Waals surface area contributed by atoms with Crippen molar-refractivity contribution in [2.75, 3.05) is 6.26 Å². The molecule has 3 aromatic rings. The first kappa shape index (κ1) is 18.9. The molecular formula is C16H14ClN7O2S. The fourth-order valence-corrected chi connectivity index (χ4v) is 2.69. The van der Waals surface area contributed by atoms with Gasteiger partial charge in [0.05, 0.1) is 29.2 Å². The zero-order valence-electron chi connectivity index (χ0n) is 14.4. The van der Waals surface area contributed by atoms with Crippen molar-refractivity contribution < 1.29 is 4.79 Å². The number of hydrogen-bond acceptors (Lipinski definition) is 8. The molecule has 27 heavy (non-hydrogen) atoms. The Bertz CT molecular complexity index is 1040. The molecule has 0 aromatic carbocycles. The quantitative estimate of drug-likeness (QED) is 0.501. The topological polar surface area (TPSA) is 116 Å². The monoisotopic (exact) mass is 403 g/mol. The van der Waals surface area contributed by atoms with Crippen LogP contribution in [0.25, 0.3) is 11.4 Å². The number of amides is 1. The molecule has 0 fully saturated rings. The highest BCUT2D eigenvalue weighted by atomic mass is 35.5. The van der Waals surface area contributed by atoms with Gasteiger partial charge in [-0.05, 0) is 12.3 Å². The van der Waals surface area contributed by atoms with Gasteiger partial charge in [-0.15, -0.1) is 0 Å². The Balaban J connectivity index is 1.85. The van der Waals surface area contributed by atoms with E-state index < -0.39 is 5.91 Å². The number of nitrogens with one attached hydrogen (secondary N) is 1. The van der Waals surface area contributed by atoms with Gasteiger partial charge in [0.25, 0.3) is 11.5 Å². The summed E-state index contributed by atoms with van der Waals surface area (Å²) < 4.78 is 1.35. The van der Waals surface area contributed by atoms with Gasteiger partial charge >= 0.3 is 0 Å². The van der Waals surface area contributed by atoms with Crippen LogP contribution in [0, 0.1) is 0 Å². The van der Waals surface area contributed by atoms with Gasteiger partial charge in [0.2, 0.25) is 0 Å². The lowest BCUT2D eigenvalue weighted by Gasteiger charge is -2.11. The first-order valence-corrected chi connectivity index (χ1v) is 9.28. The van der Waals surface area contributed by atoms with Crippen LogP contribution < -0.4 is 10.9 Å². The summed E-state index contributed by atoms with van der Waals surface area (Å²) in [7, 11) is 1.57. The summed E-state index contributed by atoms with van der Waals surface area (Å²) in [5.74, 6) is -0.126. The smallest absolute Gasteiger partial charge is 0.271 e. The van der Waals surface area contributed by atoms with Gasteiger partial charge in [-0.1, -0.05) is 23.4 Å². The third kappa shape index (κ3) is 4.29. The highest BCUT2D eigenvalue weighted by Gasteiger charge is 2.15. The van der Waals surface area contributed by atoms with E-state index in [0.29, 0.717) is 22.4 Å². The third-order valence-electron chi connectivity index (χ3n) is 3.60. The second kappa shape index (κ2) is 8.23. The van der Waals surface area contributed by atoms with E-state index in [2.05, 4.69) is 30.2 Å². The molecule has 0 unspecified atom stereocenters. The van der Waals surface area contributed by atoms with E-state index in [1.807, 2.05) is 0 Å². The number of halogens is 1. The van der Waals surface area contributed by atoms with Crippen molar-refractivity contribution in [2.45, 2.75) is 11.7 Å². The molecule has 11 heteroatoms. The number of hydrogen-bond donors (Lipinski definition) is 1. The van der Waals surface area contributed by atoms with E-state index in [1.165, 1.54) is 34.9 Å². The Morgan fingerprint density at radius 3 is 2.81 bits per heavy atom. The van der Waals surface area contributed by atoms with Gasteiger partial charge in [-0.3, -0.25) is 14.2 Å². The minimum absolute atomic E-state index is 0.0123. The van der Waals surface area contributed by atoms with Gasteiger partial charge in [0.1, 0.15) is 12.2 Å².